The normalized spacial score (nSPS) is 10.5. The van der Waals surface area contributed by atoms with E-state index in [1.54, 1.807) is 55.5 Å². The summed E-state index contributed by atoms with van der Waals surface area (Å²) in [5.41, 5.74) is 2.27. The van der Waals surface area contributed by atoms with Crippen LogP contribution >= 0.6 is 0 Å². The largest absolute Gasteiger partial charge is 0.462 e. The van der Waals surface area contributed by atoms with Crippen molar-refractivity contribution in [2.24, 2.45) is 0 Å². The minimum Gasteiger partial charge on any atom is -0.462 e. The molecule has 1 aromatic heterocycles. The number of anilines is 1. The van der Waals surface area contributed by atoms with Crippen molar-refractivity contribution in [3.05, 3.63) is 65.5 Å². The number of carbonyl (C=O) groups is 2. The summed E-state index contributed by atoms with van der Waals surface area (Å²) in [6.45, 7) is 4.18. The number of ether oxygens (including phenoxy) is 1. The van der Waals surface area contributed by atoms with Gasteiger partial charge in [-0.15, -0.1) is 0 Å². The number of nitrogens with zero attached hydrogens (tertiary/aromatic N) is 2. The average molecular weight is 379 g/mol. The molecule has 28 heavy (non-hydrogen) atoms. The molecule has 1 amide bonds. The van der Waals surface area contributed by atoms with Crippen molar-refractivity contribution >= 4 is 17.6 Å². The number of carbonyl (C=O) groups excluding carboxylic acids is 2. The zero-order valence-corrected chi connectivity index (χ0v) is 15.8. The SMILES string of the molecule is CCCCOC(=O)c1ccc(NC(=O)c2ccc(-c3nc(C)no3)cc2)cc1. The highest BCUT2D eigenvalue weighted by Crippen LogP contribution is 2.18. The molecule has 0 saturated carbocycles. The van der Waals surface area contributed by atoms with E-state index in [-0.39, 0.29) is 11.9 Å². The number of hydrogen-bond acceptors (Lipinski definition) is 6. The van der Waals surface area contributed by atoms with Gasteiger partial charge in [-0.2, -0.15) is 4.98 Å². The van der Waals surface area contributed by atoms with Crippen LogP contribution in [-0.4, -0.2) is 28.6 Å². The number of amides is 1. The lowest BCUT2D eigenvalue weighted by Crippen LogP contribution is -2.12. The van der Waals surface area contributed by atoms with E-state index in [1.807, 2.05) is 6.92 Å². The first-order valence-electron chi connectivity index (χ1n) is 9.06. The van der Waals surface area contributed by atoms with Gasteiger partial charge in [0.25, 0.3) is 11.8 Å². The van der Waals surface area contributed by atoms with Gasteiger partial charge in [0, 0.05) is 16.8 Å². The first-order chi connectivity index (χ1) is 13.6. The number of hydrogen-bond donors (Lipinski definition) is 1. The highest BCUT2D eigenvalue weighted by atomic mass is 16.5. The molecule has 144 valence electrons. The molecule has 1 heterocycles. The molecule has 7 nitrogen and oxygen atoms in total. The van der Waals surface area contributed by atoms with Crippen LogP contribution < -0.4 is 5.32 Å². The average Bonchev–Trinajstić information content (AvgIpc) is 3.15. The van der Waals surface area contributed by atoms with Crippen LogP contribution in [0, 0.1) is 6.92 Å². The second-order valence-electron chi connectivity index (χ2n) is 6.25. The summed E-state index contributed by atoms with van der Waals surface area (Å²) in [6.07, 6.45) is 1.80. The summed E-state index contributed by atoms with van der Waals surface area (Å²) >= 11 is 0. The van der Waals surface area contributed by atoms with Gasteiger partial charge in [-0.25, -0.2) is 4.79 Å². The Labute approximate surface area is 162 Å². The van der Waals surface area contributed by atoms with Gasteiger partial charge >= 0.3 is 5.97 Å². The fraction of sp³-hybridized carbons (Fsp3) is 0.238. The zero-order valence-electron chi connectivity index (χ0n) is 15.8. The van der Waals surface area contributed by atoms with Gasteiger partial charge in [0.1, 0.15) is 0 Å². The quantitative estimate of drug-likeness (QED) is 0.487. The molecule has 0 saturated heterocycles. The maximum Gasteiger partial charge on any atom is 0.338 e. The Morgan fingerprint density at radius 1 is 1.04 bits per heavy atom. The van der Waals surface area contributed by atoms with Crippen molar-refractivity contribution in [1.82, 2.24) is 10.1 Å². The molecule has 0 spiro atoms. The predicted octanol–water partition coefficient (Wildman–Crippen LogP) is 4.25. The molecule has 3 aromatic rings. The highest BCUT2D eigenvalue weighted by molar-refractivity contribution is 6.04. The molecule has 1 N–H and O–H groups in total. The molecule has 0 unspecified atom stereocenters. The Morgan fingerprint density at radius 2 is 1.71 bits per heavy atom. The van der Waals surface area contributed by atoms with Crippen molar-refractivity contribution in [3.63, 3.8) is 0 Å². The Kier molecular flexibility index (Phi) is 6.16. The topological polar surface area (TPSA) is 94.3 Å². The van der Waals surface area contributed by atoms with Gasteiger partial charge < -0.3 is 14.6 Å². The van der Waals surface area contributed by atoms with Crippen LogP contribution in [0.4, 0.5) is 5.69 Å². The zero-order chi connectivity index (χ0) is 19.9. The molecule has 0 aliphatic carbocycles. The number of aryl methyl sites for hydroxylation is 1. The summed E-state index contributed by atoms with van der Waals surface area (Å²) in [5.74, 6) is 0.338. The molecular weight excluding hydrogens is 358 g/mol. The number of benzene rings is 2. The van der Waals surface area contributed by atoms with E-state index in [1.165, 1.54) is 0 Å². The Balaban J connectivity index is 1.60. The third-order valence-corrected chi connectivity index (χ3v) is 4.03. The predicted molar refractivity (Wildman–Crippen MR) is 104 cm³/mol. The summed E-state index contributed by atoms with van der Waals surface area (Å²) < 4.78 is 10.3. The van der Waals surface area contributed by atoms with Crippen LogP contribution in [-0.2, 0) is 4.74 Å². The highest BCUT2D eigenvalue weighted by Gasteiger charge is 2.11. The maximum atomic E-state index is 12.4. The van der Waals surface area contributed by atoms with E-state index in [4.69, 9.17) is 9.26 Å². The number of unbranched alkanes of at least 4 members (excludes halogenated alkanes) is 1. The Morgan fingerprint density at radius 3 is 2.32 bits per heavy atom. The number of esters is 1. The van der Waals surface area contributed by atoms with Gasteiger partial charge in [-0.1, -0.05) is 18.5 Å². The first kappa shape index (κ1) is 19.3. The third-order valence-electron chi connectivity index (χ3n) is 4.03. The second kappa shape index (κ2) is 8.94. The van der Waals surface area contributed by atoms with Crippen molar-refractivity contribution in [3.8, 4) is 11.5 Å². The monoisotopic (exact) mass is 379 g/mol. The lowest BCUT2D eigenvalue weighted by Gasteiger charge is -2.07. The summed E-state index contributed by atoms with van der Waals surface area (Å²) in [7, 11) is 0. The third kappa shape index (κ3) is 4.82. The molecule has 3 rings (SSSR count). The van der Waals surface area contributed by atoms with Crippen molar-refractivity contribution in [1.29, 1.82) is 0 Å². The van der Waals surface area contributed by atoms with E-state index in [0.29, 0.717) is 35.1 Å². The van der Waals surface area contributed by atoms with Gasteiger partial charge in [0.15, 0.2) is 5.82 Å². The van der Waals surface area contributed by atoms with E-state index < -0.39 is 0 Å². The molecule has 0 fully saturated rings. The van der Waals surface area contributed by atoms with Crippen molar-refractivity contribution < 1.29 is 18.8 Å². The molecule has 0 radical (unpaired) electrons. The van der Waals surface area contributed by atoms with E-state index in [0.717, 1.165) is 18.4 Å². The number of rotatable bonds is 7. The summed E-state index contributed by atoms with van der Waals surface area (Å²) in [4.78, 5) is 28.5. The molecule has 0 aliphatic rings. The van der Waals surface area contributed by atoms with Gasteiger partial charge in [-0.05, 0) is 61.9 Å². The van der Waals surface area contributed by atoms with Crippen molar-refractivity contribution in [2.75, 3.05) is 11.9 Å². The van der Waals surface area contributed by atoms with E-state index in [9.17, 15) is 9.59 Å². The minimum atomic E-state index is -0.363. The second-order valence-corrected chi connectivity index (χ2v) is 6.25. The van der Waals surface area contributed by atoms with E-state index >= 15 is 0 Å². The van der Waals surface area contributed by atoms with Crippen LogP contribution in [0.3, 0.4) is 0 Å². The molecule has 0 bridgehead atoms. The first-order valence-corrected chi connectivity index (χ1v) is 9.06. The molecular formula is C21H21N3O4. The van der Waals surface area contributed by atoms with Crippen molar-refractivity contribution in [2.45, 2.75) is 26.7 Å². The van der Waals surface area contributed by atoms with E-state index in [2.05, 4.69) is 15.5 Å². The van der Waals surface area contributed by atoms with Crippen LogP contribution in [0.15, 0.2) is 53.1 Å². The van der Waals surface area contributed by atoms with Crippen LogP contribution in [0.25, 0.3) is 11.5 Å². The molecule has 7 heteroatoms. The maximum absolute atomic E-state index is 12.4. The summed E-state index contributed by atoms with van der Waals surface area (Å²) in [6, 6.07) is 13.5. The molecule has 0 aliphatic heterocycles. The standard InChI is InChI=1S/C21H21N3O4/c1-3-4-13-27-21(26)17-9-11-18(12-10-17)23-19(25)15-5-7-16(8-6-15)20-22-14(2)24-28-20/h5-12H,3-4,13H2,1-2H3,(H,23,25). The fourth-order valence-electron chi connectivity index (χ4n) is 2.46. The smallest absolute Gasteiger partial charge is 0.338 e. The molecule has 0 atom stereocenters. The van der Waals surface area contributed by atoms with Gasteiger partial charge in [-0.3, -0.25) is 4.79 Å². The van der Waals surface area contributed by atoms with Gasteiger partial charge in [0.05, 0.1) is 12.2 Å². The van der Waals surface area contributed by atoms with Crippen LogP contribution in [0.5, 0.6) is 0 Å². The van der Waals surface area contributed by atoms with Crippen LogP contribution in [0.1, 0.15) is 46.3 Å². The Bertz CT molecular complexity index is 947. The summed E-state index contributed by atoms with van der Waals surface area (Å²) in [5, 5.41) is 6.55. The lowest BCUT2D eigenvalue weighted by molar-refractivity contribution is 0.0499. The molecule has 2 aromatic carbocycles. The van der Waals surface area contributed by atoms with Gasteiger partial charge in [0.2, 0.25) is 0 Å². The minimum absolute atomic E-state index is 0.258. The van der Waals surface area contributed by atoms with Crippen LogP contribution in [0.2, 0.25) is 0 Å². The lowest BCUT2D eigenvalue weighted by atomic mass is 10.1. The number of nitrogens with one attached hydrogen (secondary N) is 1. The Hall–Kier alpha value is -3.48. The fourth-order valence-corrected chi connectivity index (χ4v) is 2.46. The number of aromatic nitrogens is 2.